The molecule has 1 aromatic rings. The summed E-state index contributed by atoms with van der Waals surface area (Å²) in [6, 6.07) is 1.87. The number of carbonyl (C=O) groups excluding carboxylic acids is 4. The number of hydrogen-bond donors (Lipinski definition) is 3. The molecule has 15 heteroatoms. The van der Waals surface area contributed by atoms with E-state index in [1.165, 1.54) is 44.2 Å². The van der Waals surface area contributed by atoms with Crippen molar-refractivity contribution in [3.05, 3.63) is 35.4 Å². The summed E-state index contributed by atoms with van der Waals surface area (Å²) in [4.78, 5) is 70.2. The highest BCUT2D eigenvalue weighted by molar-refractivity contribution is 8.00. The molecule has 1 fully saturated rings. The minimum atomic E-state index is -1.36. The van der Waals surface area contributed by atoms with Gasteiger partial charge in [-0.2, -0.15) is 0 Å². The fourth-order valence-corrected chi connectivity index (χ4v) is 4.43. The first-order valence-corrected chi connectivity index (χ1v) is 10.7. The third-order valence-corrected chi connectivity index (χ3v) is 5.86. The molecule has 1 saturated heterocycles. The van der Waals surface area contributed by atoms with Crippen LogP contribution in [0.1, 0.15) is 12.7 Å². The van der Waals surface area contributed by atoms with E-state index in [4.69, 9.17) is 14.0 Å². The molecule has 2 aliphatic heterocycles. The van der Waals surface area contributed by atoms with Crippen molar-refractivity contribution < 1.29 is 47.9 Å². The number of aliphatic carboxylic acids is 1. The van der Waals surface area contributed by atoms with Crippen LogP contribution in [0.2, 0.25) is 0 Å². The molecular formula is C19H20N4O10S. The van der Waals surface area contributed by atoms with Crippen molar-refractivity contribution in [1.82, 2.24) is 15.7 Å². The largest absolute Gasteiger partial charge is 0.477 e. The van der Waals surface area contributed by atoms with Crippen molar-refractivity contribution in [2.75, 3.05) is 26.1 Å². The first-order valence-electron chi connectivity index (χ1n) is 9.64. The maximum absolute atomic E-state index is 12.9. The van der Waals surface area contributed by atoms with E-state index in [-0.39, 0.29) is 35.1 Å². The first kappa shape index (κ1) is 24.8. The molecule has 0 bridgehead atoms. The van der Waals surface area contributed by atoms with E-state index >= 15 is 0 Å². The predicted octanol–water partition coefficient (Wildman–Crippen LogP) is -1.02. The minimum absolute atomic E-state index is 0.0133. The molecule has 14 nitrogen and oxygen atoms in total. The van der Waals surface area contributed by atoms with Crippen LogP contribution < -0.4 is 10.8 Å². The third-order valence-electron chi connectivity index (χ3n) is 4.52. The van der Waals surface area contributed by atoms with Gasteiger partial charge in [0.2, 0.25) is 5.71 Å². The van der Waals surface area contributed by atoms with Crippen molar-refractivity contribution in [1.29, 1.82) is 0 Å². The number of carboxylic acid groups (broad SMARTS) is 1. The van der Waals surface area contributed by atoms with Crippen molar-refractivity contribution in [2.24, 2.45) is 5.16 Å². The van der Waals surface area contributed by atoms with Gasteiger partial charge in [0.25, 0.3) is 17.7 Å². The van der Waals surface area contributed by atoms with Gasteiger partial charge in [-0.3, -0.25) is 28.9 Å². The zero-order valence-electron chi connectivity index (χ0n) is 17.9. The summed E-state index contributed by atoms with van der Waals surface area (Å²) in [5, 5.41) is 15.0. The molecule has 0 unspecified atom stereocenters. The van der Waals surface area contributed by atoms with Crippen LogP contribution >= 0.6 is 11.8 Å². The molecule has 34 heavy (non-hydrogen) atoms. The number of β-lactam (4-membered cyclic amide) rings is 1. The number of furan rings is 1. The number of fused-ring (bicyclic) bond motifs is 1. The Morgan fingerprint density at radius 1 is 1.35 bits per heavy atom. The number of oxime groups is 1. The topological polar surface area (TPSA) is 186 Å². The van der Waals surface area contributed by atoms with Crippen molar-refractivity contribution in [3.8, 4) is 0 Å². The number of esters is 1. The van der Waals surface area contributed by atoms with Crippen LogP contribution in [-0.4, -0.2) is 82.9 Å². The molecule has 0 aromatic carbocycles. The molecule has 0 saturated carbocycles. The number of carboxylic acids is 1. The molecule has 2 aliphatic rings. The Labute approximate surface area is 196 Å². The molecule has 3 N–H and O–H groups in total. The van der Waals surface area contributed by atoms with E-state index in [1.54, 1.807) is 0 Å². The second-order valence-electron chi connectivity index (χ2n) is 6.82. The van der Waals surface area contributed by atoms with Crippen LogP contribution in [0.3, 0.4) is 0 Å². The summed E-state index contributed by atoms with van der Waals surface area (Å²) in [7, 11) is 1.23. The number of carbonyl (C=O) groups is 5. The summed E-state index contributed by atoms with van der Waals surface area (Å²) in [5.41, 5.74) is 1.65. The minimum Gasteiger partial charge on any atom is -0.477 e. The Hall–Kier alpha value is -3.85. The molecule has 0 aliphatic carbocycles. The fraction of sp³-hybridized carbons (Fsp3) is 0.368. The van der Waals surface area contributed by atoms with E-state index < -0.39 is 47.7 Å². The SMILES string of the molecule is CONC(=O)CO/N=C(/C(=O)N[C@@H]1C(=O)N2C(C(=O)O)=C(COC(C)=O)CS[C@H]12)c1ccco1. The molecule has 3 rings (SSSR count). The predicted molar refractivity (Wildman–Crippen MR) is 113 cm³/mol. The van der Waals surface area contributed by atoms with E-state index in [0.717, 1.165) is 4.90 Å². The lowest BCUT2D eigenvalue weighted by Gasteiger charge is -2.49. The van der Waals surface area contributed by atoms with Crippen molar-refractivity contribution in [3.63, 3.8) is 0 Å². The Kier molecular flexibility index (Phi) is 7.91. The fourth-order valence-electron chi connectivity index (χ4n) is 3.10. The maximum Gasteiger partial charge on any atom is 0.352 e. The molecule has 0 radical (unpaired) electrons. The lowest BCUT2D eigenvalue weighted by molar-refractivity contribution is -0.150. The van der Waals surface area contributed by atoms with Gasteiger partial charge in [-0.05, 0) is 12.1 Å². The summed E-state index contributed by atoms with van der Waals surface area (Å²) in [6.45, 7) is 0.366. The van der Waals surface area contributed by atoms with Crippen molar-refractivity contribution in [2.45, 2.75) is 18.3 Å². The van der Waals surface area contributed by atoms with Crippen LogP contribution in [0.4, 0.5) is 0 Å². The summed E-state index contributed by atoms with van der Waals surface area (Å²) < 4.78 is 10.1. The number of hydroxylamine groups is 1. The van der Waals surface area contributed by atoms with Crippen LogP contribution in [-0.2, 0) is 38.4 Å². The van der Waals surface area contributed by atoms with E-state index in [2.05, 4.69) is 15.3 Å². The van der Waals surface area contributed by atoms with Crippen LogP contribution in [0.25, 0.3) is 0 Å². The molecule has 2 atom stereocenters. The average Bonchev–Trinajstić information content (AvgIpc) is 3.32. The number of hydrogen-bond acceptors (Lipinski definition) is 11. The zero-order valence-corrected chi connectivity index (χ0v) is 18.7. The summed E-state index contributed by atoms with van der Waals surface area (Å²) in [5.74, 6) is -3.92. The number of nitrogens with one attached hydrogen (secondary N) is 2. The van der Waals surface area contributed by atoms with Gasteiger partial charge in [0.15, 0.2) is 12.4 Å². The number of thioether (sulfide) groups is 1. The molecule has 3 amide bonds. The summed E-state index contributed by atoms with van der Waals surface area (Å²) >= 11 is 1.20. The Morgan fingerprint density at radius 2 is 2.12 bits per heavy atom. The van der Waals surface area contributed by atoms with Crippen LogP contribution in [0, 0.1) is 0 Å². The van der Waals surface area contributed by atoms with Crippen molar-refractivity contribution >= 4 is 47.1 Å². The Morgan fingerprint density at radius 3 is 2.74 bits per heavy atom. The van der Waals surface area contributed by atoms with E-state index in [9.17, 15) is 29.1 Å². The highest BCUT2D eigenvalue weighted by Crippen LogP contribution is 2.40. The van der Waals surface area contributed by atoms with Crippen LogP contribution in [0.5, 0.6) is 0 Å². The van der Waals surface area contributed by atoms with Gasteiger partial charge < -0.3 is 24.4 Å². The van der Waals surface area contributed by atoms with Gasteiger partial charge in [-0.25, -0.2) is 10.3 Å². The maximum atomic E-state index is 12.9. The molecular weight excluding hydrogens is 476 g/mol. The van der Waals surface area contributed by atoms with Gasteiger partial charge >= 0.3 is 11.9 Å². The Bertz CT molecular complexity index is 1050. The second-order valence-corrected chi connectivity index (χ2v) is 7.92. The van der Waals surface area contributed by atoms with Gasteiger partial charge in [-0.1, -0.05) is 5.16 Å². The smallest absolute Gasteiger partial charge is 0.352 e. The molecule has 1 aromatic heterocycles. The third kappa shape index (κ3) is 5.37. The summed E-state index contributed by atoms with van der Waals surface area (Å²) in [6.07, 6.45) is 1.29. The highest BCUT2D eigenvalue weighted by Gasteiger charge is 2.54. The standard InChI is InChI=1S/C19H20N4O10S/c1-9(24)32-6-10-8-34-18-14(17(27)23(18)15(10)19(28)29)20-16(26)13(11-4-3-5-31-11)22-33-7-12(25)21-30-2/h3-5,14,18H,6-8H2,1-2H3,(H,20,26)(H,21,25)(H,28,29)/b22-13+/t14-,18-/m1/s1. The highest BCUT2D eigenvalue weighted by atomic mass is 32.2. The lowest BCUT2D eigenvalue weighted by Crippen LogP contribution is -2.71. The van der Waals surface area contributed by atoms with E-state index in [0.29, 0.717) is 0 Å². The quantitative estimate of drug-likeness (QED) is 0.156. The lowest BCUT2D eigenvalue weighted by atomic mass is 10.0. The average molecular weight is 496 g/mol. The molecule has 3 heterocycles. The normalized spacial score (nSPS) is 19.6. The van der Waals surface area contributed by atoms with Gasteiger partial charge in [-0.15, -0.1) is 11.8 Å². The number of ether oxygens (including phenoxy) is 1. The second kappa shape index (κ2) is 10.8. The number of nitrogens with zero attached hydrogens (tertiary/aromatic N) is 2. The first-order chi connectivity index (χ1) is 16.2. The van der Waals surface area contributed by atoms with Gasteiger partial charge in [0.1, 0.15) is 23.7 Å². The van der Waals surface area contributed by atoms with E-state index in [1.807, 2.05) is 5.48 Å². The molecule has 0 spiro atoms. The zero-order chi connectivity index (χ0) is 24.8. The molecule has 182 valence electrons. The van der Waals surface area contributed by atoms with Gasteiger partial charge in [0, 0.05) is 18.2 Å². The Balaban J connectivity index is 1.73. The van der Waals surface area contributed by atoms with Gasteiger partial charge in [0.05, 0.1) is 13.4 Å². The monoisotopic (exact) mass is 496 g/mol. The number of amides is 3. The number of rotatable bonds is 10. The van der Waals surface area contributed by atoms with Crippen LogP contribution in [0.15, 0.2) is 39.2 Å².